The molecule has 0 bridgehead atoms. The molecule has 0 radical (unpaired) electrons. The highest BCUT2D eigenvalue weighted by Crippen LogP contribution is 2.24. The van der Waals surface area contributed by atoms with Crippen molar-refractivity contribution in [2.24, 2.45) is 0 Å². The minimum Gasteiger partial charge on any atom is -0.408 e. The van der Waals surface area contributed by atoms with E-state index in [4.69, 9.17) is 8.94 Å². The van der Waals surface area contributed by atoms with Crippen LogP contribution < -0.4 is 11.1 Å². The van der Waals surface area contributed by atoms with E-state index in [2.05, 4.69) is 20.4 Å². The molecule has 1 unspecified atom stereocenters. The molecule has 1 atom stereocenters. The van der Waals surface area contributed by atoms with Gasteiger partial charge in [0.2, 0.25) is 5.89 Å². The molecule has 3 aromatic rings. The van der Waals surface area contributed by atoms with E-state index < -0.39 is 5.76 Å². The second kappa shape index (κ2) is 5.01. The smallest absolute Gasteiger partial charge is 0.408 e. The van der Waals surface area contributed by atoms with Gasteiger partial charge in [-0.15, -0.1) is 0 Å². The van der Waals surface area contributed by atoms with Gasteiger partial charge in [-0.1, -0.05) is 25.9 Å². The zero-order valence-electron chi connectivity index (χ0n) is 12.9. The van der Waals surface area contributed by atoms with Crippen LogP contribution >= 0.6 is 0 Å². The highest BCUT2D eigenvalue weighted by Gasteiger charge is 2.23. The molecule has 0 aliphatic carbocycles. The summed E-state index contributed by atoms with van der Waals surface area (Å²) in [6.07, 6.45) is 0. The van der Waals surface area contributed by atoms with Crippen LogP contribution in [0.15, 0.2) is 31.9 Å². The lowest BCUT2D eigenvalue weighted by atomic mass is 9.96. The summed E-state index contributed by atoms with van der Waals surface area (Å²) in [5.74, 6) is 0.725. The molecule has 7 nitrogen and oxygen atoms in total. The minimum atomic E-state index is -0.466. The van der Waals surface area contributed by atoms with Gasteiger partial charge in [-0.05, 0) is 25.1 Å². The molecule has 2 aromatic heterocycles. The number of H-pyrrole nitrogens is 1. The van der Waals surface area contributed by atoms with Crippen LogP contribution in [0.1, 0.15) is 45.5 Å². The molecule has 2 N–H and O–H groups in total. The monoisotopic (exact) mass is 302 g/mol. The molecular formula is C15H18N4O3. The van der Waals surface area contributed by atoms with Gasteiger partial charge in [0.1, 0.15) is 6.04 Å². The standard InChI is InChI=1S/C15H18N4O3/c1-8(12-18-13(19-22-12)15(2,3)4)16-9-5-6-11-10(7-9)17-14(20)21-11/h5-8,16H,1-4H3,(H,17,20). The first-order valence-electron chi connectivity index (χ1n) is 7.06. The van der Waals surface area contributed by atoms with Crippen LogP contribution in [0.5, 0.6) is 0 Å². The Balaban J connectivity index is 1.81. The molecule has 0 saturated carbocycles. The first-order chi connectivity index (χ1) is 10.3. The Morgan fingerprint density at radius 1 is 1.32 bits per heavy atom. The van der Waals surface area contributed by atoms with Gasteiger partial charge in [-0.25, -0.2) is 4.79 Å². The van der Waals surface area contributed by atoms with E-state index >= 15 is 0 Å². The summed E-state index contributed by atoms with van der Waals surface area (Å²) in [6.45, 7) is 8.02. The van der Waals surface area contributed by atoms with Gasteiger partial charge in [0.05, 0.1) is 5.52 Å². The van der Waals surface area contributed by atoms with Gasteiger partial charge in [-0.3, -0.25) is 4.98 Å². The fourth-order valence-electron chi connectivity index (χ4n) is 2.07. The second-order valence-electron chi connectivity index (χ2n) is 6.30. The fourth-order valence-corrected chi connectivity index (χ4v) is 2.07. The molecule has 3 rings (SSSR count). The van der Waals surface area contributed by atoms with Crippen LogP contribution in [0, 0.1) is 0 Å². The summed E-state index contributed by atoms with van der Waals surface area (Å²) in [6, 6.07) is 5.21. The molecule has 0 amide bonds. The Kier molecular flexibility index (Phi) is 3.27. The number of nitrogens with one attached hydrogen (secondary N) is 2. The molecule has 22 heavy (non-hydrogen) atoms. The van der Waals surface area contributed by atoms with Gasteiger partial charge in [0, 0.05) is 11.1 Å². The molecule has 0 aliphatic rings. The van der Waals surface area contributed by atoms with Crippen molar-refractivity contribution in [2.45, 2.75) is 39.2 Å². The molecule has 1 aromatic carbocycles. The maximum atomic E-state index is 11.2. The summed E-state index contributed by atoms with van der Waals surface area (Å²) < 4.78 is 10.3. The predicted octanol–water partition coefficient (Wildman–Crippen LogP) is 2.97. The van der Waals surface area contributed by atoms with E-state index in [9.17, 15) is 4.79 Å². The lowest BCUT2D eigenvalue weighted by molar-refractivity contribution is 0.354. The van der Waals surface area contributed by atoms with E-state index in [1.165, 1.54) is 0 Å². The maximum Gasteiger partial charge on any atom is 0.417 e. The lowest BCUT2D eigenvalue weighted by Gasteiger charge is -2.12. The fraction of sp³-hybridized carbons (Fsp3) is 0.400. The topological polar surface area (TPSA) is 97.0 Å². The number of rotatable bonds is 3. The molecule has 0 saturated heterocycles. The second-order valence-corrected chi connectivity index (χ2v) is 6.30. The number of fused-ring (bicyclic) bond motifs is 1. The highest BCUT2D eigenvalue weighted by atomic mass is 16.5. The van der Waals surface area contributed by atoms with Crippen molar-refractivity contribution in [2.75, 3.05) is 5.32 Å². The minimum absolute atomic E-state index is 0.153. The van der Waals surface area contributed by atoms with E-state index in [1.54, 1.807) is 12.1 Å². The number of aromatic amines is 1. The van der Waals surface area contributed by atoms with Crippen LogP contribution in [-0.2, 0) is 5.41 Å². The Bertz CT molecular complexity index is 853. The summed E-state index contributed by atoms with van der Waals surface area (Å²) in [7, 11) is 0. The predicted molar refractivity (Wildman–Crippen MR) is 81.9 cm³/mol. The maximum absolute atomic E-state index is 11.2. The summed E-state index contributed by atoms with van der Waals surface area (Å²) in [5.41, 5.74) is 1.84. The largest absolute Gasteiger partial charge is 0.417 e. The zero-order chi connectivity index (χ0) is 15.9. The van der Waals surface area contributed by atoms with Gasteiger partial charge in [-0.2, -0.15) is 4.98 Å². The van der Waals surface area contributed by atoms with E-state index in [-0.39, 0.29) is 11.5 Å². The molecule has 0 aliphatic heterocycles. The Morgan fingerprint density at radius 2 is 2.09 bits per heavy atom. The Labute approximate surface area is 126 Å². The third kappa shape index (κ3) is 2.74. The van der Waals surface area contributed by atoms with Gasteiger partial charge >= 0.3 is 5.76 Å². The first kappa shape index (κ1) is 14.4. The van der Waals surface area contributed by atoms with Crippen LogP contribution in [0.3, 0.4) is 0 Å². The van der Waals surface area contributed by atoms with Gasteiger partial charge < -0.3 is 14.3 Å². The molecule has 2 heterocycles. The zero-order valence-corrected chi connectivity index (χ0v) is 12.9. The lowest BCUT2D eigenvalue weighted by Crippen LogP contribution is -2.14. The van der Waals surface area contributed by atoms with Gasteiger partial charge in [0.25, 0.3) is 0 Å². The highest BCUT2D eigenvalue weighted by molar-refractivity contribution is 5.76. The molecule has 7 heteroatoms. The summed E-state index contributed by atoms with van der Waals surface area (Å²) in [5, 5.41) is 7.28. The van der Waals surface area contributed by atoms with Crippen molar-refractivity contribution < 1.29 is 8.94 Å². The average Bonchev–Trinajstić information content (AvgIpc) is 3.02. The van der Waals surface area contributed by atoms with Crippen molar-refractivity contribution in [1.29, 1.82) is 0 Å². The van der Waals surface area contributed by atoms with Crippen molar-refractivity contribution >= 4 is 16.8 Å². The number of hydrogen-bond donors (Lipinski definition) is 2. The van der Waals surface area contributed by atoms with Crippen molar-refractivity contribution in [3.8, 4) is 0 Å². The quantitative estimate of drug-likeness (QED) is 0.772. The van der Waals surface area contributed by atoms with Crippen LogP contribution in [0.2, 0.25) is 0 Å². The Hall–Kier alpha value is -2.57. The normalized spacial score (nSPS) is 13.5. The molecular weight excluding hydrogens is 284 g/mol. The van der Waals surface area contributed by atoms with E-state index in [0.717, 1.165) is 5.69 Å². The first-order valence-corrected chi connectivity index (χ1v) is 7.06. The third-order valence-corrected chi connectivity index (χ3v) is 3.29. The average molecular weight is 302 g/mol. The van der Waals surface area contributed by atoms with Crippen LogP contribution in [0.4, 0.5) is 5.69 Å². The molecule has 0 spiro atoms. The Morgan fingerprint density at radius 3 is 2.77 bits per heavy atom. The van der Waals surface area contributed by atoms with Crippen molar-refractivity contribution in [3.05, 3.63) is 40.5 Å². The SMILES string of the molecule is CC(Nc1ccc2oc(=O)[nH]c2c1)c1nc(C(C)(C)C)no1. The van der Waals surface area contributed by atoms with E-state index in [1.807, 2.05) is 33.8 Å². The number of anilines is 1. The number of nitrogens with zero attached hydrogens (tertiary/aromatic N) is 2. The number of hydrogen-bond acceptors (Lipinski definition) is 6. The van der Waals surface area contributed by atoms with Crippen molar-refractivity contribution in [3.63, 3.8) is 0 Å². The van der Waals surface area contributed by atoms with E-state index in [0.29, 0.717) is 22.8 Å². The summed E-state index contributed by atoms with van der Waals surface area (Å²) >= 11 is 0. The summed E-state index contributed by atoms with van der Waals surface area (Å²) in [4.78, 5) is 18.2. The molecule has 116 valence electrons. The van der Waals surface area contributed by atoms with Gasteiger partial charge in [0.15, 0.2) is 11.4 Å². The number of benzene rings is 1. The number of oxazole rings is 1. The van der Waals surface area contributed by atoms with Crippen LogP contribution in [-0.4, -0.2) is 15.1 Å². The van der Waals surface area contributed by atoms with Crippen LogP contribution in [0.25, 0.3) is 11.1 Å². The number of aromatic nitrogens is 3. The molecule has 0 fully saturated rings. The third-order valence-electron chi connectivity index (χ3n) is 3.29. The van der Waals surface area contributed by atoms with Crippen molar-refractivity contribution in [1.82, 2.24) is 15.1 Å².